The van der Waals surface area contributed by atoms with Gasteiger partial charge in [-0.15, -0.1) is 16.4 Å². The van der Waals surface area contributed by atoms with Crippen LogP contribution in [0.2, 0.25) is 0 Å². The highest BCUT2D eigenvalue weighted by molar-refractivity contribution is 7.11. The predicted molar refractivity (Wildman–Crippen MR) is 97.3 cm³/mol. The standard InChI is InChI=1S/C16H21N7OS/c1-4-17-16(19-9-14-20-10(2)11(3)25-14)18-8-13-21-15(23-22-13)12-6-5-7-24-12/h5-7H,4,8-9H2,1-3H3,(H2,17,18,19)(H,21,22,23). The molecule has 0 saturated carbocycles. The van der Waals surface area contributed by atoms with Crippen molar-refractivity contribution in [3.63, 3.8) is 0 Å². The van der Waals surface area contributed by atoms with Crippen LogP contribution in [0.1, 0.15) is 28.3 Å². The van der Waals surface area contributed by atoms with E-state index in [1.165, 1.54) is 4.88 Å². The Bertz CT molecular complexity index is 815. The largest absolute Gasteiger partial charge is 0.461 e. The van der Waals surface area contributed by atoms with E-state index >= 15 is 0 Å². The van der Waals surface area contributed by atoms with Gasteiger partial charge in [0, 0.05) is 11.4 Å². The van der Waals surface area contributed by atoms with Gasteiger partial charge in [0.05, 0.1) is 18.5 Å². The van der Waals surface area contributed by atoms with Crippen LogP contribution < -0.4 is 10.6 Å². The van der Waals surface area contributed by atoms with Crippen molar-refractivity contribution >= 4 is 17.3 Å². The van der Waals surface area contributed by atoms with Crippen molar-refractivity contribution in [3.8, 4) is 11.6 Å². The van der Waals surface area contributed by atoms with Crippen LogP contribution in [0.15, 0.2) is 27.8 Å². The summed E-state index contributed by atoms with van der Waals surface area (Å²) in [5, 5.41) is 14.6. The van der Waals surface area contributed by atoms with Gasteiger partial charge in [-0.05, 0) is 32.9 Å². The molecular formula is C16H21N7OS. The van der Waals surface area contributed by atoms with Crippen molar-refractivity contribution in [1.82, 2.24) is 30.8 Å². The maximum absolute atomic E-state index is 5.28. The fourth-order valence-electron chi connectivity index (χ4n) is 2.15. The molecule has 3 aromatic heterocycles. The number of aromatic amines is 1. The molecule has 0 aliphatic carbocycles. The van der Waals surface area contributed by atoms with Gasteiger partial charge in [0.2, 0.25) is 5.82 Å². The number of nitrogens with one attached hydrogen (secondary N) is 3. The highest BCUT2D eigenvalue weighted by atomic mass is 32.1. The Morgan fingerprint density at radius 3 is 2.88 bits per heavy atom. The molecule has 0 saturated heterocycles. The van der Waals surface area contributed by atoms with E-state index < -0.39 is 0 Å². The first-order valence-electron chi connectivity index (χ1n) is 8.06. The summed E-state index contributed by atoms with van der Waals surface area (Å²) in [6.45, 7) is 7.93. The lowest BCUT2D eigenvalue weighted by Crippen LogP contribution is -2.36. The Hall–Kier alpha value is -2.68. The second-order valence-corrected chi connectivity index (χ2v) is 6.67. The molecule has 0 aliphatic rings. The number of aryl methyl sites for hydroxylation is 2. The Morgan fingerprint density at radius 1 is 1.32 bits per heavy atom. The van der Waals surface area contributed by atoms with Crippen LogP contribution in [0, 0.1) is 13.8 Å². The molecule has 3 aromatic rings. The molecule has 3 heterocycles. The molecule has 132 valence electrons. The van der Waals surface area contributed by atoms with Gasteiger partial charge in [-0.3, -0.25) is 5.10 Å². The summed E-state index contributed by atoms with van der Waals surface area (Å²) >= 11 is 1.70. The number of thiazole rings is 1. The number of rotatable bonds is 6. The smallest absolute Gasteiger partial charge is 0.216 e. The Labute approximate surface area is 149 Å². The molecule has 0 aliphatic heterocycles. The first kappa shape index (κ1) is 17.2. The molecule has 0 atom stereocenters. The third-order valence-corrected chi connectivity index (χ3v) is 4.56. The molecule has 0 unspecified atom stereocenters. The van der Waals surface area contributed by atoms with Gasteiger partial charge in [0.25, 0.3) is 0 Å². The Balaban J connectivity index is 1.61. The molecule has 8 nitrogen and oxygen atoms in total. The summed E-state index contributed by atoms with van der Waals surface area (Å²) < 4.78 is 5.28. The zero-order valence-electron chi connectivity index (χ0n) is 14.5. The molecule has 0 spiro atoms. The molecule has 0 bridgehead atoms. The number of H-pyrrole nitrogens is 1. The van der Waals surface area contributed by atoms with E-state index in [0.29, 0.717) is 36.5 Å². The first-order valence-corrected chi connectivity index (χ1v) is 8.87. The normalized spacial score (nSPS) is 11.7. The SMILES string of the molecule is CCNC(=NCc1nc(-c2ccco2)n[nH]1)NCc1nc(C)c(C)s1. The van der Waals surface area contributed by atoms with Gasteiger partial charge in [-0.25, -0.2) is 15.0 Å². The zero-order valence-corrected chi connectivity index (χ0v) is 15.3. The van der Waals surface area contributed by atoms with Crippen molar-refractivity contribution in [2.75, 3.05) is 6.54 Å². The third kappa shape index (κ3) is 4.44. The molecule has 0 amide bonds. The number of aliphatic imine (C=N–C) groups is 1. The Kier molecular flexibility index (Phi) is 5.44. The molecule has 3 N–H and O–H groups in total. The lowest BCUT2D eigenvalue weighted by molar-refractivity contribution is 0.577. The van der Waals surface area contributed by atoms with Gasteiger partial charge >= 0.3 is 0 Å². The average Bonchev–Trinajstić information content (AvgIpc) is 3.32. The van der Waals surface area contributed by atoms with E-state index in [1.807, 2.05) is 19.9 Å². The van der Waals surface area contributed by atoms with Gasteiger partial charge in [0.15, 0.2) is 11.7 Å². The summed E-state index contributed by atoms with van der Waals surface area (Å²) in [6.07, 6.45) is 1.60. The number of nitrogens with zero attached hydrogens (tertiary/aromatic N) is 4. The zero-order chi connectivity index (χ0) is 17.6. The van der Waals surface area contributed by atoms with Crippen molar-refractivity contribution in [2.45, 2.75) is 33.9 Å². The van der Waals surface area contributed by atoms with Crippen molar-refractivity contribution in [3.05, 3.63) is 39.8 Å². The first-order chi connectivity index (χ1) is 12.2. The minimum Gasteiger partial charge on any atom is -0.461 e. The van der Waals surface area contributed by atoms with Crippen LogP contribution in [0.25, 0.3) is 11.6 Å². The minimum absolute atomic E-state index is 0.388. The fraction of sp³-hybridized carbons (Fsp3) is 0.375. The maximum atomic E-state index is 5.28. The summed E-state index contributed by atoms with van der Waals surface area (Å²) in [5.41, 5.74) is 1.08. The fourth-order valence-corrected chi connectivity index (χ4v) is 3.03. The molecule has 0 radical (unpaired) electrons. The number of hydrogen-bond acceptors (Lipinski definition) is 6. The second-order valence-electron chi connectivity index (χ2n) is 5.38. The highest BCUT2D eigenvalue weighted by Gasteiger charge is 2.08. The Morgan fingerprint density at radius 2 is 2.20 bits per heavy atom. The predicted octanol–water partition coefficient (Wildman–Crippen LogP) is 2.39. The summed E-state index contributed by atoms with van der Waals surface area (Å²) in [6, 6.07) is 3.62. The lowest BCUT2D eigenvalue weighted by atomic mass is 10.4. The van der Waals surface area contributed by atoms with E-state index in [-0.39, 0.29) is 0 Å². The topological polar surface area (TPSA) is 104 Å². The van der Waals surface area contributed by atoms with Crippen LogP contribution in [0.3, 0.4) is 0 Å². The van der Waals surface area contributed by atoms with E-state index in [2.05, 4.69) is 42.7 Å². The van der Waals surface area contributed by atoms with E-state index in [1.54, 1.807) is 23.7 Å². The highest BCUT2D eigenvalue weighted by Crippen LogP contribution is 2.16. The summed E-state index contributed by atoms with van der Waals surface area (Å²) in [5.74, 6) is 2.54. The molecule has 25 heavy (non-hydrogen) atoms. The average molecular weight is 359 g/mol. The molecular weight excluding hydrogens is 338 g/mol. The minimum atomic E-state index is 0.388. The van der Waals surface area contributed by atoms with E-state index in [4.69, 9.17) is 4.42 Å². The van der Waals surface area contributed by atoms with Gasteiger partial charge < -0.3 is 15.1 Å². The second kappa shape index (κ2) is 7.93. The molecule has 0 fully saturated rings. The van der Waals surface area contributed by atoms with Gasteiger partial charge in [-0.2, -0.15) is 0 Å². The van der Waals surface area contributed by atoms with Gasteiger partial charge in [0.1, 0.15) is 17.4 Å². The molecule has 0 aromatic carbocycles. The van der Waals surface area contributed by atoms with Crippen molar-refractivity contribution < 1.29 is 4.42 Å². The van der Waals surface area contributed by atoms with Gasteiger partial charge in [-0.1, -0.05) is 0 Å². The number of hydrogen-bond donors (Lipinski definition) is 3. The summed E-state index contributed by atoms with van der Waals surface area (Å²) in [7, 11) is 0. The molecule has 9 heteroatoms. The number of furan rings is 1. The van der Waals surface area contributed by atoms with Crippen LogP contribution >= 0.6 is 11.3 Å². The quantitative estimate of drug-likeness (QED) is 0.461. The van der Waals surface area contributed by atoms with Crippen LogP contribution in [0.5, 0.6) is 0 Å². The van der Waals surface area contributed by atoms with Crippen molar-refractivity contribution in [2.24, 2.45) is 4.99 Å². The van der Waals surface area contributed by atoms with Crippen LogP contribution in [0.4, 0.5) is 0 Å². The number of aromatic nitrogens is 4. The van der Waals surface area contributed by atoms with Crippen LogP contribution in [-0.4, -0.2) is 32.7 Å². The third-order valence-electron chi connectivity index (χ3n) is 3.48. The van der Waals surface area contributed by atoms with E-state index in [9.17, 15) is 0 Å². The maximum Gasteiger partial charge on any atom is 0.216 e. The van der Waals surface area contributed by atoms with Crippen molar-refractivity contribution in [1.29, 1.82) is 0 Å². The van der Waals surface area contributed by atoms with E-state index in [0.717, 1.165) is 17.2 Å². The summed E-state index contributed by atoms with van der Waals surface area (Å²) in [4.78, 5) is 14.7. The monoisotopic (exact) mass is 359 g/mol. The number of guanidine groups is 1. The molecule has 3 rings (SSSR count). The lowest BCUT2D eigenvalue weighted by Gasteiger charge is -2.09. The van der Waals surface area contributed by atoms with Crippen LogP contribution in [-0.2, 0) is 13.1 Å².